The first-order chi connectivity index (χ1) is 8.72. The average Bonchev–Trinajstić information content (AvgIpc) is 2.75. The molecule has 0 radical (unpaired) electrons. The molecule has 18 heavy (non-hydrogen) atoms. The van der Waals surface area contributed by atoms with Crippen molar-refractivity contribution < 1.29 is 5.11 Å². The van der Waals surface area contributed by atoms with Gasteiger partial charge in [-0.25, -0.2) is 0 Å². The van der Waals surface area contributed by atoms with Crippen molar-refractivity contribution in [2.45, 2.75) is 13.5 Å². The van der Waals surface area contributed by atoms with Gasteiger partial charge in [0, 0.05) is 11.5 Å². The van der Waals surface area contributed by atoms with Crippen LogP contribution in [-0.4, -0.2) is 14.9 Å². The van der Waals surface area contributed by atoms with Gasteiger partial charge in [0.05, 0.1) is 18.3 Å². The van der Waals surface area contributed by atoms with Crippen LogP contribution in [0.5, 0.6) is 5.75 Å². The minimum Gasteiger partial charge on any atom is -0.508 e. The molecule has 3 heteroatoms. The number of hydrogen-bond donors (Lipinski definition) is 1. The Morgan fingerprint density at radius 1 is 1.11 bits per heavy atom. The summed E-state index contributed by atoms with van der Waals surface area (Å²) >= 11 is 0. The van der Waals surface area contributed by atoms with E-state index >= 15 is 0 Å². The van der Waals surface area contributed by atoms with Crippen molar-refractivity contribution >= 4 is 10.9 Å². The Bertz CT molecular complexity index is 683. The fourth-order valence-electron chi connectivity index (χ4n) is 2.05. The van der Waals surface area contributed by atoms with Crippen LogP contribution in [0, 0.1) is 6.92 Å². The van der Waals surface area contributed by atoms with Crippen molar-refractivity contribution in [3.05, 3.63) is 59.8 Å². The highest BCUT2D eigenvalue weighted by atomic mass is 16.3. The second-order valence-corrected chi connectivity index (χ2v) is 4.53. The molecule has 0 saturated carbocycles. The number of benzene rings is 2. The Kier molecular flexibility index (Phi) is 2.52. The van der Waals surface area contributed by atoms with Crippen molar-refractivity contribution in [1.82, 2.24) is 9.78 Å². The number of rotatable bonds is 2. The molecule has 0 aliphatic rings. The predicted molar refractivity (Wildman–Crippen MR) is 71.7 cm³/mol. The second-order valence-electron chi connectivity index (χ2n) is 4.53. The number of aromatic nitrogens is 2. The van der Waals surface area contributed by atoms with Gasteiger partial charge in [0.25, 0.3) is 0 Å². The monoisotopic (exact) mass is 238 g/mol. The SMILES string of the molecule is Cc1ccc(Cn2ncc3ccc(O)cc32)cc1. The summed E-state index contributed by atoms with van der Waals surface area (Å²) in [6.45, 7) is 2.79. The average molecular weight is 238 g/mol. The molecule has 2 aromatic carbocycles. The molecule has 0 fully saturated rings. The molecule has 1 aromatic heterocycles. The third-order valence-corrected chi connectivity index (χ3v) is 3.08. The first-order valence-corrected chi connectivity index (χ1v) is 5.92. The molecule has 90 valence electrons. The Balaban J connectivity index is 1.99. The summed E-state index contributed by atoms with van der Waals surface area (Å²) in [5, 5.41) is 14.9. The smallest absolute Gasteiger partial charge is 0.117 e. The van der Waals surface area contributed by atoms with Crippen LogP contribution in [0.2, 0.25) is 0 Å². The number of fused-ring (bicyclic) bond motifs is 1. The zero-order valence-corrected chi connectivity index (χ0v) is 10.2. The van der Waals surface area contributed by atoms with Crippen molar-refractivity contribution in [1.29, 1.82) is 0 Å². The van der Waals surface area contributed by atoms with Gasteiger partial charge in [-0.15, -0.1) is 0 Å². The topological polar surface area (TPSA) is 38.0 Å². The fraction of sp³-hybridized carbons (Fsp3) is 0.133. The lowest BCUT2D eigenvalue weighted by molar-refractivity contribution is 0.475. The quantitative estimate of drug-likeness (QED) is 0.745. The molecular weight excluding hydrogens is 224 g/mol. The number of aromatic hydroxyl groups is 1. The Morgan fingerprint density at radius 2 is 1.89 bits per heavy atom. The lowest BCUT2D eigenvalue weighted by atomic mass is 10.1. The fourth-order valence-corrected chi connectivity index (χ4v) is 2.05. The van der Waals surface area contributed by atoms with Gasteiger partial charge in [-0.05, 0) is 24.6 Å². The van der Waals surface area contributed by atoms with Crippen LogP contribution in [0.25, 0.3) is 10.9 Å². The zero-order valence-electron chi connectivity index (χ0n) is 10.2. The minimum atomic E-state index is 0.271. The summed E-state index contributed by atoms with van der Waals surface area (Å²) < 4.78 is 1.90. The van der Waals surface area contributed by atoms with Crippen LogP contribution in [0.1, 0.15) is 11.1 Å². The molecule has 1 N–H and O–H groups in total. The Hall–Kier alpha value is -2.29. The van der Waals surface area contributed by atoms with Crippen molar-refractivity contribution in [2.24, 2.45) is 0 Å². The van der Waals surface area contributed by atoms with E-state index in [1.165, 1.54) is 11.1 Å². The molecule has 1 heterocycles. The lowest BCUT2D eigenvalue weighted by Gasteiger charge is -2.04. The van der Waals surface area contributed by atoms with Crippen molar-refractivity contribution in [3.63, 3.8) is 0 Å². The van der Waals surface area contributed by atoms with Crippen LogP contribution in [0.15, 0.2) is 48.7 Å². The van der Waals surface area contributed by atoms with Crippen molar-refractivity contribution in [2.75, 3.05) is 0 Å². The highest BCUT2D eigenvalue weighted by Gasteiger charge is 2.04. The van der Waals surface area contributed by atoms with Crippen molar-refractivity contribution in [3.8, 4) is 5.75 Å². The minimum absolute atomic E-state index is 0.271. The maximum atomic E-state index is 9.53. The summed E-state index contributed by atoms with van der Waals surface area (Å²) in [5.74, 6) is 0.271. The first-order valence-electron chi connectivity index (χ1n) is 5.92. The van der Waals surface area contributed by atoms with Gasteiger partial charge in [-0.2, -0.15) is 5.10 Å². The molecule has 0 aliphatic carbocycles. The van der Waals surface area contributed by atoms with E-state index in [0.29, 0.717) is 6.54 Å². The summed E-state index contributed by atoms with van der Waals surface area (Å²) in [4.78, 5) is 0. The van der Waals surface area contributed by atoms with E-state index < -0.39 is 0 Å². The maximum absolute atomic E-state index is 9.53. The number of nitrogens with zero attached hydrogens (tertiary/aromatic N) is 2. The highest BCUT2D eigenvalue weighted by molar-refractivity contribution is 5.80. The molecule has 0 amide bonds. The molecule has 0 bridgehead atoms. The highest BCUT2D eigenvalue weighted by Crippen LogP contribution is 2.20. The van der Waals surface area contributed by atoms with Gasteiger partial charge >= 0.3 is 0 Å². The van der Waals surface area contributed by atoms with Crippen LogP contribution in [0.4, 0.5) is 0 Å². The first kappa shape index (κ1) is 10.8. The molecule has 0 spiro atoms. The van der Waals surface area contributed by atoms with Crippen LogP contribution in [0.3, 0.4) is 0 Å². The summed E-state index contributed by atoms with van der Waals surface area (Å²) in [5.41, 5.74) is 3.41. The van der Waals surface area contributed by atoms with Gasteiger partial charge < -0.3 is 5.11 Å². The number of hydrogen-bond acceptors (Lipinski definition) is 2. The molecule has 0 unspecified atom stereocenters. The van der Waals surface area contributed by atoms with Crippen LogP contribution in [-0.2, 0) is 6.54 Å². The van der Waals surface area contributed by atoms with Gasteiger partial charge in [0.2, 0.25) is 0 Å². The number of aryl methyl sites for hydroxylation is 1. The molecule has 0 atom stereocenters. The molecule has 3 nitrogen and oxygen atoms in total. The van der Waals surface area contributed by atoms with E-state index in [-0.39, 0.29) is 5.75 Å². The number of phenols is 1. The van der Waals surface area contributed by atoms with Gasteiger partial charge in [0.15, 0.2) is 0 Å². The largest absolute Gasteiger partial charge is 0.508 e. The normalized spacial score (nSPS) is 10.9. The van der Waals surface area contributed by atoms with E-state index in [9.17, 15) is 5.11 Å². The van der Waals surface area contributed by atoms with Crippen LogP contribution < -0.4 is 0 Å². The summed E-state index contributed by atoms with van der Waals surface area (Å²) in [7, 11) is 0. The van der Waals surface area contributed by atoms with Crippen LogP contribution >= 0.6 is 0 Å². The molecule has 0 saturated heterocycles. The molecular formula is C15H14N2O. The second kappa shape index (κ2) is 4.18. The third-order valence-electron chi connectivity index (χ3n) is 3.08. The van der Waals surface area contributed by atoms with E-state index in [1.54, 1.807) is 12.1 Å². The maximum Gasteiger partial charge on any atom is 0.117 e. The number of phenolic OH excluding ortho intramolecular Hbond substituents is 1. The predicted octanol–water partition coefficient (Wildman–Crippen LogP) is 3.10. The van der Waals surface area contributed by atoms with E-state index in [1.807, 2.05) is 16.9 Å². The Morgan fingerprint density at radius 3 is 2.67 bits per heavy atom. The summed E-state index contributed by atoms with van der Waals surface area (Å²) in [6.07, 6.45) is 1.82. The van der Waals surface area contributed by atoms with E-state index in [4.69, 9.17) is 0 Å². The Labute approximate surface area is 105 Å². The van der Waals surface area contributed by atoms with Gasteiger partial charge in [-0.3, -0.25) is 4.68 Å². The third kappa shape index (κ3) is 1.95. The molecule has 3 aromatic rings. The van der Waals surface area contributed by atoms with E-state index in [0.717, 1.165) is 10.9 Å². The summed E-state index contributed by atoms with van der Waals surface area (Å²) in [6, 6.07) is 13.7. The van der Waals surface area contributed by atoms with E-state index in [2.05, 4.69) is 36.3 Å². The van der Waals surface area contributed by atoms with Gasteiger partial charge in [-0.1, -0.05) is 29.8 Å². The molecule has 3 rings (SSSR count). The standard InChI is InChI=1S/C15H14N2O/c1-11-2-4-12(5-3-11)10-17-15-8-14(18)7-6-13(15)9-16-17/h2-9,18H,10H2,1H3. The van der Waals surface area contributed by atoms with Gasteiger partial charge in [0.1, 0.15) is 5.75 Å². The lowest BCUT2D eigenvalue weighted by Crippen LogP contribution is -2.01. The zero-order chi connectivity index (χ0) is 12.5. The molecule has 0 aliphatic heterocycles.